The van der Waals surface area contributed by atoms with E-state index in [1.807, 2.05) is 0 Å². The number of carbonyl (C=O) groups is 2. The number of carbonyl (C=O) groups excluding carboxylic acids is 2. The molecule has 1 heterocycles. The first-order valence-electron chi connectivity index (χ1n) is 5.17. The van der Waals surface area contributed by atoms with Crippen molar-refractivity contribution in [2.75, 3.05) is 19.7 Å². The van der Waals surface area contributed by atoms with Gasteiger partial charge in [0.15, 0.2) is 0 Å². The van der Waals surface area contributed by atoms with Crippen molar-refractivity contribution < 1.29 is 24.2 Å². The fourth-order valence-corrected chi connectivity index (χ4v) is 1.50. The number of ether oxygens (including phenoxy) is 1. The molecule has 0 fully saturated rings. The van der Waals surface area contributed by atoms with Crippen molar-refractivity contribution in [2.24, 2.45) is 0 Å². The van der Waals surface area contributed by atoms with Gasteiger partial charge in [-0.1, -0.05) is 6.08 Å². The summed E-state index contributed by atoms with van der Waals surface area (Å²) < 4.78 is 4.75. The predicted octanol–water partition coefficient (Wildman–Crippen LogP) is -0.795. The molecule has 1 N–H and O–H groups in total. The van der Waals surface area contributed by atoms with Crippen LogP contribution in [0.5, 0.6) is 0 Å². The van der Waals surface area contributed by atoms with Crippen molar-refractivity contribution in [3.8, 4) is 0 Å². The van der Waals surface area contributed by atoms with Gasteiger partial charge in [-0.3, -0.25) is 0 Å². The monoisotopic (exact) mass is 239 g/mol. The predicted molar refractivity (Wildman–Crippen MR) is 54.3 cm³/mol. The van der Waals surface area contributed by atoms with E-state index in [0.717, 1.165) is 4.90 Å². The molecule has 0 aromatic carbocycles. The zero-order chi connectivity index (χ0) is 12.8. The maximum atomic E-state index is 11.4. The second kappa shape index (κ2) is 5.81. The molecule has 92 valence electrons. The van der Waals surface area contributed by atoms with Crippen LogP contribution in [0.2, 0.25) is 0 Å². The molecule has 7 nitrogen and oxygen atoms in total. The third-order valence-corrected chi connectivity index (χ3v) is 2.35. The zero-order valence-electron chi connectivity index (χ0n) is 9.43. The first-order valence-corrected chi connectivity index (χ1v) is 5.17. The Hall–Kier alpha value is -2.14. The molecule has 0 atom stereocenters. The van der Waals surface area contributed by atoms with Gasteiger partial charge in [0.25, 0.3) is 0 Å². The van der Waals surface area contributed by atoms with E-state index in [9.17, 15) is 14.7 Å². The van der Waals surface area contributed by atoms with Gasteiger partial charge in [0.05, 0.1) is 22.5 Å². The maximum Gasteiger partial charge on any atom is 0.451 e. The molecule has 1 rings (SSSR count). The number of carboxylic acid groups (broad SMARTS) is 1. The number of esters is 1. The minimum Gasteiger partial charge on any atom is -0.530 e. The van der Waals surface area contributed by atoms with Crippen LogP contribution in [0.4, 0.5) is 4.79 Å². The molecule has 1 amide bonds. The minimum atomic E-state index is -1.25. The molecule has 0 unspecified atom stereocenters. The van der Waals surface area contributed by atoms with Gasteiger partial charge >= 0.3 is 11.7 Å². The number of nitrogens with zero attached hydrogens (tertiary/aromatic N) is 2. The number of rotatable bonds is 3. The van der Waals surface area contributed by atoms with Crippen LogP contribution in [0.1, 0.15) is 13.3 Å². The molecule has 17 heavy (non-hydrogen) atoms. The van der Waals surface area contributed by atoms with Crippen LogP contribution < -0.4 is 5.11 Å². The molecular weight excluding hydrogens is 226 g/mol. The standard InChI is InChI=1S/C10H13N3O4/c1-2-17-9(14)8(12-11)7-3-5-13(6-4-7)10(15)16/h3,11H,2,4-6H2,1H3. The molecule has 0 aromatic rings. The Bertz CT molecular complexity index is 410. The van der Waals surface area contributed by atoms with E-state index in [1.165, 1.54) is 0 Å². The second-order valence-corrected chi connectivity index (χ2v) is 3.37. The summed E-state index contributed by atoms with van der Waals surface area (Å²) in [6.45, 7) is 2.23. The molecule has 0 aliphatic carbocycles. The summed E-state index contributed by atoms with van der Waals surface area (Å²) in [4.78, 5) is 26.2. The third-order valence-electron chi connectivity index (χ3n) is 2.35. The first kappa shape index (κ1) is 12.9. The molecule has 0 saturated heterocycles. The third kappa shape index (κ3) is 3.15. The van der Waals surface area contributed by atoms with E-state index in [4.69, 9.17) is 10.3 Å². The average Bonchev–Trinajstić information content (AvgIpc) is 2.31. The van der Waals surface area contributed by atoms with Crippen molar-refractivity contribution in [3.05, 3.63) is 11.6 Å². The number of hydrogen-bond donors (Lipinski definition) is 1. The molecule has 0 aromatic heterocycles. The minimum absolute atomic E-state index is 0.0650. The first-order chi connectivity index (χ1) is 8.10. The summed E-state index contributed by atoms with van der Waals surface area (Å²) in [5.74, 6) is -0.657. The lowest BCUT2D eigenvalue weighted by Gasteiger charge is -2.26. The largest absolute Gasteiger partial charge is 0.530 e. The molecule has 1 aliphatic heterocycles. The molecule has 0 saturated carbocycles. The van der Waals surface area contributed by atoms with Gasteiger partial charge in [0, 0.05) is 13.1 Å². The van der Waals surface area contributed by atoms with Gasteiger partial charge in [-0.05, 0) is 13.3 Å². The second-order valence-electron chi connectivity index (χ2n) is 3.37. The molecular formula is C10H13N3O4. The van der Waals surface area contributed by atoms with Gasteiger partial charge < -0.3 is 19.5 Å². The highest BCUT2D eigenvalue weighted by atomic mass is 16.5. The average molecular weight is 239 g/mol. The Kier molecular flexibility index (Phi) is 4.42. The lowest BCUT2D eigenvalue weighted by Crippen LogP contribution is -2.44. The van der Waals surface area contributed by atoms with Gasteiger partial charge in [-0.25, -0.2) is 4.79 Å². The van der Waals surface area contributed by atoms with Crippen LogP contribution in [0.3, 0.4) is 0 Å². The van der Waals surface area contributed by atoms with Crippen LogP contribution in [-0.4, -0.2) is 47.2 Å². The van der Waals surface area contributed by atoms with Crippen LogP contribution in [0, 0.1) is 5.53 Å². The fourth-order valence-electron chi connectivity index (χ4n) is 1.50. The fraction of sp³-hybridized carbons (Fsp3) is 0.500. The summed E-state index contributed by atoms with van der Waals surface area (Å²) in [7, 11) is 0. The number of amides is 1. The highest BCUT2D eigenvalue weighted by molar-refractivity contribution is 6.40. The van der Waals surface area contributed by atoms with Crippen molar-refractivity contribution in [2.45, 2.75) is 13.3 Å². The lowest BCUT2D eigenvalue weighted by atomic mass is 10.0. The summed E-state index contributed by atoms with van der Waals surface area (Å²) in [6.07, 6.45) is 0.620. The lowest BCUT2D eigenvalue weighted by molar-refractivity contribution is -0.265. The Morgan fingerprint density at radius 1 is 1.65 bits per heavy atom. The SMILES string of the molecule is CCOC(=O)C(=[N+]=N)C1=CCN(C(=O)[O-])CC1. The van der Waals surface area contributed by atoms with Gasteiger partial charge in [-0.15, -0.1) is 0 Å². The smallest absolute Gasteiger partial charge is 0.451 e. The van der Waals surface area contributed by atoms with Gasteiger partial charge in [0.1, 0.15) is 6.09 Å². The Morgan fingerprint density at radius 2 is 2.35 bits per heavy atom. The zero-order valence-corrected chi connectivity index (χ0v) is 9.43. The highest BCUT2D eigenvalue weighted by Crippen LogP contribution is 2.12. The quantitative estimate of drug-likeness (QED) is 0.301. The van der Waals surface area contributed by atoms with Crippen LogP contribution in [0.25, 0.3) is 0 Å². The Morgan fingerprint density at radius 3 is 2.76 bits per heavy atom. The topological polar surface area (TPSA) is 108 Å². The summed E-state index contributed by atoms with van der Waals surface area (Å²) in [5.41, 5.74) is 7.42. The molecule has 0 radical (unpaired) electrons. The van der Waals surface area contributed by atoms with Crippen LogP contribution >= 0.6 is 0 Å². The number of hydrogen-bond acceptors (Lipinski definition) is 5. The van der Waals surface area contributed by atoms with E-state index >= 15 is 0 Å². The Balaban J connectivity index is 2.77. The van der Waals surface area contributed by atoms with Gasteiger partial charge in [0.2, 0.25) is 0 Å². The van der Waals surface area contributed by atoms with E-state index in [2.05, 4.69) is 4.79 Å². The molecule has 0 bridgehead atoms. The number of nitrogens with one attached hydrogen (secondary N) is 1. The van der Waals surface area contributed by atoms with Crippen molar-refractivity contribution in [1.82, 2.24) is 4.90 Å². The van der Waals surface area contributed by atoms with Crippen molar-refractivity contribution in [3.63, 3.8) is 0 Å². The van der Waals surface area contributed by atoms with Crippen molar-refractivity contribution in [1.29, 1.82) is 5.53 Å². The van der Waals surface area contributed by atoms with Gasteiger partial charge in [-0.2, -0.15) is 0 Å². The van der Waals surface area contributed by atoms with Crippen molar-refractivity contribution >= 4 is 17.8 Å². The Labute approximate surface area is 97.9 Å². The summed E-state index contributed by atoms with van der Waals surface area (Å²) in [5, 5.41) is 10.6. The van der Waals surface area contributed by atoms with Crippen LogP contribution in [-0.2, 0) is 9.53 Å². The van der Waals surface area contributed by atoms with Crippen LogP contribution in [0.15, 0.2) is 11.6 Å². The molecule has 7 heteroatoms. The van der Waals surface area contributed by atoms with E-state index < -0.39 is 12.1 Å². The maximum absolute atomic E-state index is 11.4. The van der Waals surface area contributed by atoms with E-state index in [-0.39, 0.29) is 25.4 Å². The van der Waals surface area contributed by atoms with E-state index in [1.54, 1.807) is 13.0 Å². The molecule has 0 spiro atoms. The molecule has 1 aliphatic rings. The van der Waals surface area contributed by atoms with E-state index in [0.29, 0.717) is 12.0 Å². The highest BCUT2D eigenvalue weighted by Gasteiger charge is 2.31. The summed E-state index contributed by atoms with van der Waals surface area (Å²) in [6, 6.07) is 0. The summed E-state index contributed by atoms with van der Waals surface area (Å²) >= 11 is 0. The normalized spacial score (nSPS) is 14.6.